The standard InChI is InChI=1S/C19H15ClN2O3/c1-24-18-14-6-7-25-17(14)5-4-16(18)21-10-12-8-11-9-13(20)2-3-15(11)22-19(12)23/h2-9,21H,10H2,1H3,(H,22,23). The molecule has 4 rings (SSSR count). The molecule has 2 heterocycles. The van der Waals surface area contributed by atoms with Crippen molar-refractivity contribution >= 4 is 39.2 Å². The summed E-state index contributed by atoms with van der Waals surface area (Å²) in [7, 11) is 1.61. The summed E-state index contributed by atoms with van der Waals surface area (Å²) in [5, 5.41) is 5.66. The first-order valence-corrected chi connectivity index (χ1v) is 8.13. The Kier molecular flexibility index (Phi) is 3.86. The maximum Gasteiger partial charge on any atom is 0.253 e. The topological polar surface area (TPSA) is 67.3 Å². The predicted molar refractivity (Wildman–Crippen MR) is 99.7 cm³/mol. The van der Waals surface area contributed by atoms with Crippen molar-refractivity contribution in [2.24, 2.45) is 0 Å². The van der Waals surface area contributed by atoms with Gasteiger partial charge in [-0.05, 0) is 42.5 Å². The van der Waals surface area contributed by atoms with Crippen LogP contribution in [0.2, 0.25) is 5.02 Å². The number of aromatic amines is 1. The average molecular weight is 355 g/mol. The van der Waals surface area contributed by atoms with Crippen LogP contribution in [0, 0.1) is 0 Å². The summed E-state index contributed by atoms with van der Waals surface area (Å²) in [6.07, 6.45) is 1.62. The molecule has 0 saturated heterocycles. The van der Waals surface area contributed by atoms with Crippen molar-refractivity contribution in [1.82, 2.24) is 4.98 Å². The molecule has 0 aliphatic heterocycles. The van der Waals surface area contributed by atoms with Crippen LogP contribution in [-0.2, 0) is 6.54 Å². The van der Waals surface area contributed by atoms with Crippen LogP contribution in [-0.4, -0.2) is 12.1 Å². The van der Waals surface area contributed by atoms with Gasteiger partial charge < -0.3 is 19.5 Å². The smallest absolute Gasteiger partial charge is 0.253 e. The third-order valence-electron chi connectivity index (χ3n) is 4.14. The Morgan fingerprint density at radius 2 is 2.08 bits per heavy atom. The number of hydrogen-bond donors (Lipinski definition) is 2. The van der Waals surface area contributed by atoms with Gasteiger partial charge in [0, 0.05) is 28.0 Å². The van der Waals surface area contributed by atoms with E-state index >= 15 is 0 Å². The molecular formula is C19H15ClN2O3. The number of aromatic nitrogens is 1. The zero-order valence-corrected chi connectivity index (χ0v) is 14.2. The first-order chi connectivity index (χ1) is 12.2. The van der Waals surface area contributed by atoms with Crippen LogP contribution >= 0.6 is 11.6 Å². The van der Waals surface area contributed by atoms with Crippen molar-refractivity contribution in [2.75, 3.05) is 12.4 Å². The summed E-state index contributed by atoms with van der Waals surface area (Å²) in [6.45, 7) is 0.359. The highest BCUT2D eigenvalue weighted by molar-refractivity contribution is 6.31. The molecule has 0 aliphatic rings. The van der Waals surface area contributed by atoms with Gasteiger partial charge in [0.15, 0.2) is 5.75 Å². The maximum atomic E-state index is 12.3. The van der Waals surface area contributed by atoms with Gasteiger partial charge in [-0.15, -0.1) is 0 Å². The summed E-state index contributed by atoms with van der Waals surface area (Å²) >= 11 is 6.04. The molecule has 5 nitrogen and oxygen atoms in total. The monoisotopic (exact) mass is 354 g/mol. The number of ether oxygens (including phenoxy) is 1. The molecule has 4 aromatic rings. The van der Waals surface area contributed by atoms with Crippen molar-refractivity contribution < 1.29 is 9.15 Å². The fourth-order valence-corrected chi connectivity index (χ4v) is 3.10. The molecule has 2 aromatic carbocycles. The van der Waals surface area contributed by atoms with Crippen LogP contribution in [0.3, 0.4) is 0 Å². The quantitative estimate of drug-likeness (QED) is 0.564. The average Bonchev–Trinajstić information content (AvgIpc) is 3.08. The lowest BCUT2D eigenvalue weighted by molar-refractivity contribution is 0.421. The lowest BCUT2D eigenvalue weighted by Gasteiger charge is -2.12. The van der Waals surface area contributed by atoms with Gasteiger partial charge in [-0.1, -0.05) is 11.6 Å². The summed E-state index contributed by atoms with van der Waals surface area (Å²) in [5.41, 5.74) is 2.79. The zero-order chi connectivity index (χ0) is 17.4. The van der Waals surface area contributed by atoms with Crippen molar-refractivity contribution in [3.63, 3.8) is 0 Å². The molecule has 0 spiro atoms. The van der Waals surface area contributed by atoms with E-state index in [2.05, 4.69) is 10.3 Å². The SMILES string of the molecule is COc1c(NCc2cc3cc(Cl)ccc3[nH]c2=O)ccc2occc12. The Labute approximate surface area is 148 Å². The predicted octanol–water partition coefficient (Wildman–Crippen LogP) is 4.55. The number of fused-ring (bicyclic) bond motifs is 2. The molecule has 6 heteroatoms. The van der Waals surface area contributed by atoms with Crippen molar-refractivity contribution in [3.8, 4) is 5.75 Å². The minimum Gasteiger partial charge on any atom is -0.494 e. The largest absolute Gasteiger partial charge is 0.494 e. The third-order valence-corrected chi connectivity index (χ3v) is 4.38. The number of hydrogen-bond acceptors (Lipinski definition) is 4. The van der Waals surface area contributed by atoms with Gasteiger partial charge in [-0.3, -0.25) is 4.79 Å². The number of H-pyrrole nitrogens is 1. The number of benzene rings is 2. The summed E-state index contributed by atoms with van der Waals surface area (Å²) in [4.78, 5) is 15.2. The maximum absolute atomic E-state index is 12.3. The molecule has 0 aliphatic carbocycles. The van der Waals surface area contributed by atoms with Gasteiger partial charge in [-0.25, -0.2) is 0 Å². The summed E-state index contributed by atoms with van der Waals surface area (Å²) < 4.78 is 10.9. The fourth-order valence-electron chi connectivity index (χ4n) is 2.92. The van der Waals surface area contributed by atoms with Crippen LogP contribution in [0.5, 0.6) is 5.75 Å². The number of rotatable bonds is 4. The molecule has 0 fully saturated rings. The third kappa shape index (κ3) is 2.83. The molecular weight excluding hydrogens is 340 g/mol. The normalized spacial score (nSPS) is 11.1. The Balaban J connectivity index is 1.68. The van der Waals surface area contributed by atoms with Crippen LogP contribution in [0.1, 0.15) is 5.56 Å². The van der Waals surface area contributed by atoms with Gasteiger partial charge >= 0.3 is 0 Å². The Hall–Kier alpha value is -2.92. The Bertz CT molecular complexity index is 1130. The second kappa shape index (κ2) is 6.18. The molecule has 126 valence electrons. The van der Waals surface area contributed by atoms with Crippen LogP contribution < -0.4 is 15.6 Å². The Morgan fingerprint density at radius 1 is 1.20 bits per heavy atom. The lowest BCUT2D eigenvalue weighted by atomic mass is 10.1. The number of halogens is 1. The molecule has 0 radical (unpaired) electrons. The number of nitrogens with one attached hydrogen (secondary N) is 2. The van der Waals surface area contributed by atoms with Crippen LogP contribution in [0.4, 0.5) is 5.69 Å². The van der Waals surface area contributed by atoms with Crippen LogP contribution in [0.25, 0.3) is 21.9 Å². The molecule has 0 bridgehead atoms. The summed E-state index contributed by atoms with van der Waals surface area (Å²) in [6, 6.07) is 12.8. The van der Waals surface area contributed by atoms with E-state index in [1.165, 1.54) is 0 Å². The summed E-state index contributed by atoms with van der Waals surface area (Å²) in [5.74, 6) is 0.687. The Morgan fingerprint density at radius 3 is 2.92 bits per heavy atom. The van der Waals surface area contributed by atoms with Gasteiger partial charge in [0.25, 0.3) is 5.56 Å². The van der Waals surface area contributed by atoms with E-state index in [4.69, 9.17) is 20.8 Å². The van der Waals surface area contributed by atoms with Gasteiger partial charge in [0.2, 0.25) is 0 Å². The highest BCUT2D eigenvalue weighted by Crippen LogP contribution is 2.34. The van der Waals surface area contributed by atoms with E-state index in [0.717, 1.165) is 27.6 Å². The molecule has 2 aromatic heterocycles. The van der Waals surface area contributed by atoms with E-state index < -0.39 is 0 Å². The van der Waals surface area contributed by atoms with E-state index in [-0.39, 0.29) is 5.56 Å². The second-order valence-corrected chi connectivity index (χ2v) is 6.12. The molecule has 2 N–H and O–H groups in total. The molecule has 0 atom stereocenters. The highest BCUT2D eigenvalue weighted by atomic mass is 35.5. The number of methoxy groups -OCH3 is 1. The number of pyridine rings is 1. The van der Waals surface area contributed by atoms with Gasteiger partial charge in [-0.2, -0.15) is 0 Å². The van der Waals surface area contributed by atoms with E-state index in [1.54, 1.807) is 25.5 Å². The van der Waals surface area contributed by atoms with Crippen molar-refractivity contribution in [3.05, 3.63) is 69.7 Å². The van der Waals surface area contributed by atoms with E-state index in [9.17, 15) is 4.79 Å². The second-order valence-electron chi connectivity index (χ2n) is 5.69. The van der Waals surface area contributed by atoms with E-state index in [0.29, 0.717) is 22.9 Å². The molecule has 0 unspecified atom stereocenters. The van der Waals surface area contributed by atoms with Crippen molar-refractivity contribution in [1.29, 1.82) is 0 Å². The minimum atomic E-state index is -0.134. The lowest BCUT2D eigenvalue weighted by Crippen LogP contribution is -2.15. The number of anilines is 1. The fraction of sp³-hybridized carbons (Fsp3) is 0.105. The van der Waals surface area contributed by atoms with E-state index in [1.807, 2.05) is 30.3 Å². The first-order valence-electron chi connectivity index (χ1n) is 7.75. The van der Waals surface area contributed by atoms with Crippen LogP contribution in [0.15, 0.2) is 57.9 Å². The van der Waals surface area contributed by atoms with Gasteiger partial charge in [0.1, 0.15) is 5.58 Å². The van der Waals surface area contributed by atoms with Gasteiger partial charge in [0.05, 0.1) is 24.4 Å². The molecule has 0 saturated carbocycles. The highest BCUT2D eigenvalue weighted by Gasteiger charge is 2.11. The molecule has 0 amide bonds. The number of furan rings is 1. The zero-order valence-electron chi connectivity index (χ0n) is 13.4. The minimum absolute atomic E-state index is 0.134. The first kappa shape index (κ1) is 15.6. The van der Waals surface area contributed by atoms with Crippen molar-refractivity contribution in [2.45, 2.75) is 6.54 Å². The molecule has 25 heavy (non-hydrogen) atoms.